The van der Waals surface area contributed by atoms with Gasteiger partial charge in [-0.15, -0.1) is 24.0 Å². The molecule has 2 atom stereocenters. The van der Waals surface area contributed by atoms with Crippen molar-refractivity contribution in [2.24, 2.45) is 10.9 Å². The Labute approximate surface area is 203 Å². The van der Waals surface area contributed by atoms with E-state index in [-0.39, 0.29) is 24.0 Å². The van der Waals surface area contributed by atoms with Gasteiger partial charge in [0, 0.05) is 51.5 Å². The minimum atomic E-state index is 0. The number of hydrogen-bond donors (Lipinski definition) is 2. The van der Waals surface area contributed by atoms with E-state index in [9.17, 15) is 0 Å². The number of benzene rings is 2. The topological polar surface area (TPSA) is 52.1 Å². The highest BCUT2D eigenvalue weighted by atomic mass is 127. The van der Waals surface area contributed by atoms with Crippen molar-refractivity contribution in [2.45, 2.75) is 18.9 Å². The molecule has 2 aliphatic rings. The molecule has 0 aromatic heterocycles. The molecule has 2 heterocycles. The first-order chi connectivity index (χ1) is 14.8. The lowest BCUT2D eigenvalue weighted by atomic mass is 10.1. The molecule has 6 nitrogen and oxygen atoms in total. The minimum absolute atomic E-state index is 0. The first-order valence-electron chi connectivity index (χ1n) is 10.9. The number of nitrogens with one attached hydrogen (secondary N) is 2. The van der Waals surface area contributed by atoms with Crippen molar-refractivity contribution in [2.75, 3.05) is 56.7 Å². The molecule has 2 unspecified atom stereocenters. The molecule has 2 aliphatic heterocycles. The average Bonchev–Trinajstić information content (AvgIpc) is 3.47. The summed E-state index contributed by atoms with van der Waals surface area (Å²) in [6.45, 7) is 5.14. The highest BCUT2D eigenvalue weighted by molar-refractivity contribution is 14.0. The zero-order valence-corrected chi connectivity index (χ0v) is 20.8. The predicted octanol–water partition coefficient (Wildman–Crippen LogP) is 3.58. The van der Waals surface area contributed by atoms with Crippen LogP contribution in [0.1, 0.15) is 12.8 Å². The molecule has 2 aromatic carbocycles. The number of rotatable bonds is 6. The lowest BCUT2D eigenvalue weighted by Gasteiger charge is -2.23. The fourth-order valence-electron chi connectivity index (χ4n) is 4.49. The Bertz CT molecular complexity index is 847. The van der Waals surface area contributed by atoms with Gasteiger partial charge in [0.25, 0.3) is 0 Å². The highest BCUT2D eigenvalue weighted by Gasteiger charge is 2.26. The number of hydrogen-bond acceptors (Lipinski definition) is 4. The summed E-state index contributed by atoms with van der Waals surface area (Å²) >= 11 is 0. The Morgan fingerprint density at radius 3 is 2.52 bits per heavy atom. The van der Waals surface area contributed by atoms with Crippen LogP contribution < -0.4 is 25.2 Å². The van der Waals surface area contributed by atoms with Crippen molar-refractivity contribution in [1.29, 1.82) is 0 Å². The Balaban J connectivity index is 0.00000272. The zero-order chi connectivity index (χ0) is 20.8. The van der Waals surface area contributed by atoms with Crippen LogP contribution in [0, 0.1) is 5.92 Å². The standard InChI is InChI=1S/C24H33N5O.HI/c1-25-24(26-16-19-12-14-28(17-19)21-8-4-3-5-9-21)27-20-13-15-29(18-20)22-10-6-7-11-23(22)30-2;/h3-11,19-20H,12-18H2,1-2H3,(H2,25,26,27);1H. The first kappa shape index (κ1) is 23.5. The molecule has 4 rings (SSSR count). The van der Waals surface area contributed by atoms with E-state index in [2.05, 4.69) is 67.9 Å². The SMILES string of the molecule is CN=C(NCC1CCN(c2ccccc2)C1)NC1CCN(c2ccccc2OC)C1.I. The third-order valence-corrected chi connectivity index (χ3v) is 6.14. The van der Waals surface area contributed by atoms with Gasteiger partial charge in [-0.1, -0.05) is 30.3 Å². The van der Waals surface area contributed by atoms with Crippen LogP contribution in [0.2, 0.25) is 0 Å². The van der Waals surface area contributed by atoms with Crippen LogP contribution in [0.3, 0.4) is 0 Å². The van der Waals surface area contributed by atoms with E-state index in [1.165, 1.54) is 17.8 Å². The van der Waals surface area contributed by atoms with Crippen LogP contribution in [-0.4, -0.2) is 58.9 Å². The van der Waals surface area contributed by atoms with Gasteiger partial charge in [0.15, 0.2) is 5.96 Å². The van der Waals surface area contributed by atoms with E-state index in [4.69, 9.17) is 4.74 Å². The highest BCUT2D eigenvalue weighted by Crippen LogP contribution is 2.30. The Morgan fingerprint density at radius 1 is 1.00 bits per heavy atom. The van der Waals surface area contributed by atoms with Gasteiger partial charge in [-0.05, 0) is 43.0 Å². The fourth-order valence-corrected chi connectivity index (χ4v) is 4.49. The summed E-state index contributed by atoms with van der Waals surface area (Å²) in [5.41, 5.74) is 2.49. The van der Waals surface area contributed by atoms with Crippen LogP contribution >= 0.6 is 24.0 Å². The maximum absolute atomic E-state index is 5.53. The Kier molecular flexibility index (Phi) is 8.69. The van der Waals surface area contributed by atoms with Gasteiger partial charge < -0.3 is 25.2 Å². The molecule has 0 amide bonds. The fraction of sp³-hybridized carbons (Fsp3) is 0.458. The molecule has 0 bridgehead atoms. The van der Waals surface area contributed by atoms with E-state index < -0.39 is 0 Å². The van der Waals surface area contributed by atoms with Gasteiger partial charge in [-0.3, -0.25) is 4.99 Å². The first-order valence-corrected chi connectivity index (χ1v) is 10.9. The van der Waals surface area contributed by atoms with Crippen LogP contribution in [0.5, 0.6) is 5.75 Å². The maximum Gasteiger partial charge on any atom is 0.191 e. The number of para-hydroxylation sites is 3. The second kappa shape index (κ2) is 11.5. The number of nitrogens with zero attached hydrogens (tertiary/aromatic N) is 3. The van der Waals surface area contributed by atoms with Crippen LogP contribution in [0.4, 0.5) is 11.4 Å². The number of aliphatic imine (C=N–C) groups is 1. The summed E-state index contributed by atoms with van der Waals surface area (Å²) in [5.74, 6) is 2.47. The molecule has 31 heavy (non-hydrogen) atoms. The van der Waals surface area contributed by atoms with Crippen LogP contribution in [0.15, 0.2) is 59.6 Å². The molecule has 2 N–H and O–H groups in total. The molecule has 0 radical (unpaired) electrons. The van der Waals surface area contributed by atoms with Crippen molar-refractivity contribution >= 4 is 41.3 Å². The number of ether oxygens (including phenoxy) is 1. The molecule has 2 aromatic rings. The smallest absolute Gasteiger partial charge is 0.191 e. The number of guanidine groups is 1. The lowest BCUT2D eigenvalue weighted by molar-refractivity contribution is 0.415. The molecule has 7 heteroatoms. The molecular formula is C24H34IN5O. The summed E-state index contributed by atoms with van der Waals surface area (Å²) in [5, 5.41) is 7.17. The van der Waals surface area contributed by atoms with Gasteiger partial charge in [-0.2, -0.15) is 0 Å². The van der Waals surface area contributed by atoms with Crippen molar-refractivity contribution in [3.63, 3.8) is 0 Å². The molecule has 0 saturated carbocycles. The van der Waals surface area contributed by atoms with Gasteiger partial charge in [0.05, 0.1) is 12.8 Å². The summed E-state index contributed by atoms with van der Waals surface area (Å²) in [6.07, 6.45) is 2.30. The van der Waals surface area contributed by atoms with Crippen molar-refractivity contribution in [1.82, 2.24) is 10.6 Å². The second-order valence-electron chi connectivity index (χ2n) is 8.14. The lowest BCUT2D eigenvalue weighted by Crippen LogP contribution is -2.46. The normalized spacial score (nSPS) is 21.0. The van der Waals surface area contributed by atoms with Crippen molar-refractivity contribution in [3.8, 4) is 5.75 Å². The summed E-state index contributed by atoms with van der Waals surface area (Å²) < 4.78 is 5.53. The van der Waals surface area contributed by atoms with Crippen LogP contribution in [0.25, 0.3) is 0 Å². The average molecular weight is 535 g/mol. The third kappa shape index (κ3) is 5.96. The summed E-state index contributed by atoms with van der Waals surface area (Å²) in [6, 6.07) is 19.3. The Hall–Kier alpha value is -2.16. The van der Waals surface area contributed by atoms with Crippen LogP contribution in [-0.2, 0) is 0 Å². The van der Waals surface area contributed by atoms with E-state index in [0.717, 1.165) is 50.9 Å². The predicted molar refractivity (Wildman–Crippen MR) is 140 cm³/mol. The monoisotopic (exact) mass is 535 g/mol. The molecule has 0 spiro atoms. The van der Waals surface area contributed by atoms with E-state index in [1.54, 1.807) is 7.11 Å². The largest absolute Gasteiger partial charge is 0.495 e. The number of halogens is 1. The van der Waals surface area contributed by atoms with Crippen molar-refractivity contribution < 1.29 is 4.74 Å². The molecule has 2 fully saturated rings. The van der Waals surface area contributed by atoms with E-state index in [0.29, 0.717) is 12.0 Å². The minimum Gasteiger partial charge on any atom is -0.495 e. The Morgan fingerprint density at radius 2 is 1.74 bits per heavy atom. The van der Waals surface area contributed by atoms with Gasteiger partial charge in [-0.25, -0.2) is 0 Å². The number of methoxy groups -OCH3 is 1. The molecule has 168 valence electrons. The molecule has 2 saturated heterocycles. The summed E-state index contributed by atoms with van der Waals surface area (Å²) in [7, 11) is 3.59. The number of anilines is 2. The molecule has 0 aliphatic carbocycles. The van der Waals surface area contributed by atoms with Crippen molar-refractivity contribution in [3.05, 3.63) is 54.6 Å². The van der Waals surface area contributed by atoms with E-state index >= 15 is 0 Å². The zero-order valence-electron chi connectivity index (χ0n) is 18.5. The molecular weight excluding hydrogens is 501 g/mol. The quantitative estimate of drug-likeness (QED) is 0.337. The summed E-state index contributed by atoms with van der Waals surface area (Å²) in [4.78, 5) is 9.32. The van der Waals surface area contributed by atoms with Gasteiger partial charge in [0.2, 0.25) is 0 Å². The van der Waals surface area contributed by atoms with Gasteiger partial charge in [0.1, 0.15) is 5.75 Å². The van der Waals surface area contributed by atoms with Gasteiger partial charge >= 0.3 is 0 Å². The van der Waals surface area contributed by atoms with E-state index in [1.807, 2.05) is 19.2 Å². The second-order valence-corrected chi connectivity index (χ2v) is 8.14. The third-order valence-electron chi connectivity index (χ3n) is 6.14. The maximum atomic E-state index is 5.53.